The summed E-state index contributed by atoms with van der Waals surface area (Å²) in [4.78, 5) is 10.4. The molecule has 1 rings (SSSR count). The molecule has 0 aromatic heterocycles. The third kappa shape index (κ3) is 4.02. The minimum atomic E-state index is -0.746. The lowest BCUT2D eigenvalue weighted by atomic mass is 10.1. The van der Waals surface area contributed by atoms with Gasteiger partial charge in [-0.05, 0) is 31.4 Å². The van der Waals surface area contributed by atoms with E-state index < -0.39 is 5.97 Å². The van der Waals surface area contributed by atoms with Crippen molar-refractivity contribution in [2.75, 3.05) is 6.61 Å². The average Bonchev–Trinajstić information content (AvgIpc) is 2.20. The quantitative estimate of drug-likeness (QED) is 0.781. The molecule has 0 radical (unpaired) electrons. The van der Waals surface area contributed by atoms with Gasteiger partial charge in [0, 0.05) is 6.42 Å². The molecule has 0 amide bonds. The number of carboxylic acid groups (broad SMARTS) is 1. The fraction of sp³-hybridized carbons (Fsp3) is 0.417. The first-order valence-corrected chi connectivity index (χ1v) is 5.16. The molecular weight excluding hydrogens is 192 g/mol. The maximum Gasteiger partial charge on any atom is 0.303 e. The van der Waals surface area contributed by atoms with E-state index in [1.165, 1.54) is 0 Å². The van der Waals surface area contributed by atoms with E-state index in [9.17, 15) is 4.79 Å². The van der Waals surface area contributed by atoms with Gasteiger partial charge < -0.3 is 9.84 Å². The van der Waals surface area contributed by atoms with Crippen LogP contribution in [0.3, 0.4) is 0 Å². The van der Waals surface area contributed by atoms with Crippen molar-refractivity contribution in [1.29, 1.82) is 0 Å². The molecule has 0 atom stereocenters. The van der Waals surface area contributed by atoms with Gasteiger partial charge in [-0.2, -0.15) is 0 Å². The van der Waals surface area contributed by atoms with E-state index in [1.54, 1.807) is 0 Å². The number of benzene rings is 1. The van der Waals surface area contributed by atoms with Crippen molar-refractivity contribution >= 4 is 5.97 Å². The first kappa shape index (κ1) is 11.6. The smallest absolute Gasteiger partial charge is 0.303 e. The summed E-state index contributed by atoms with van der Waals surface area (Å²) in [7, 11) is 0. The predicted molar refractivity (Wildman–Crippen MR) is 58.2 cm³/mol. The molecule has 0 bridgehead atoms. The molecule has 1 aromatic carbocycles. The monoisotopic (exact) mass is 208 g/mol. The zero-order chi connectivity index (χ0) is 11.1. The molecule has 3 heteroatoms. The number of aryl methyl sites for hydroxylation is 1. The second-order valence-corrected chi connectivity index (χ2v) is 3.29. The average molecular weight is 208 g/mol. The van der Waals surface area contributed by atoms with E-state index in [1.807, 2.05) is 31.2 Å². The lowest BCUT2D eigenvalue weighted by Gasteiger charge is -2.08. The van der Waals surface area contributed by atoms with E-state index in [4.69, 9.17) is 9.84 Å². The van der Waals surface area contributed by atoms with E-state index in [0.717, 1.165) is 17.7 Å². The molecule has 0 spiro atoms. The normalized spacial score (nSPS) is 9.93. The second-order valence-electron chi connectivity index (χ2n) is 3.29. The summed E-state index contributed by atoms with van der Waals surface area (Å²) in [6.07, 6.45) is 1.61. The molecule has 0 aliphatic heterocycles. The van der Waals surface area contributed by atoms with E-state index in [-0.39, 0.29) is 6.42 Å². The van der Waals surface area contributed by atoms with Crippen LogP contribution in [0, 0.1) is 0 Å². The number of carboxylic acids is 1. The Bertz CT molecular complexity index is 320. The van der Waals surface area contributed by atoms with Crippen molar-refractivity contribution in [3.8, 4) is 5.75 Å². The fourth-order valence-electron chi connectivity index (χ4n) is 1.44. The summed E-state index contributed by atoms with van der Waals surface area (Å²) in [5, 5.41) is 8.53. The molecule has 0 saturated heterocycles. The van der Waals surface area contributed by atoms with Crippen LogP contribution in [0.15, 0.2) is 24.3 Å². The molecule has 1 aromatic rings. The van der Waals surface area contributed by atoms with Gasteiger partial charge in [-0.25, -0.2) is 0 Å². The summed E-state index contributed by atoms with van der Waals surface area (Å²) in [6.45, 7) is 2.57. The van der Waals surface area contributed by atoms with Gasteiger partial charge in [-0.3, -0.25) is 4.79 Å². The molecule has 0 fully saturated rings. The summed E-state index contributed by atoms with van der Waals surface area (Å²) in [5.41, 5.74) is 1.08. The van der Waals surface area contributed by atoms with E-state index in [2.05, 4.69) is 0 Å². The third-order valence-electron chi connectivity index (χ3n) is 2.11. The molecule has 15 heavy (non-hydrogen) atoms. The Balaban J connectivity index is 2.55. The van der Waals surface area contributed by atoms with Crippen LogP contribution in [0.1, 0.15) is 25.3 Å². The molecule has 0 aliphatic carbocycles. The highest BCUT2D eigenvalue weighted by molar-refractivity contribution is 5.66. The van der Waals surface area contributed by atoms with Crippen molar-refractivity contribution < 1.29 is 14.6 Å². The Kier molecular flexibility index (Phi) is 4.68. The van der Waals surface area contributed by atoms with Crippen molar-refractivity contribution in [3.05, 3.63) is 29.8 Å². The van der Waals surface area contributed by atoms with Gasteiger partial charge in [-0.15, -0.1) is 0 Å². The summed E-state index contributed by atoms with van der Waals surface area (Å²) in [5.74, 6) is 0.120. The number of rotatable bonds is 6. The van der Waals surface area contributed by atoms with Gasteiger partial charge in [0.05, 0.1) is 6.61 Å². The molecule has 0 heterocycles. The van der Waals surface area contributed by atoms with Crippen molar-refractivity contribution in [1.82, 2.24) is 0 Å². The van der Waals surface area contributed by atoms with Crippen LogP contribution in [0.4, 0.5) is 0 Å². The van der Waals surface area contributed by atoms with Crippen LogP contribution in [0.5, 0.6) is 5.75 Å². The highest BCUT2D eigenvalue weighted by atomic mass is 16.5. The van der Waals surface area contributed by atoms with Gasteiger partial charge in [-0.1, -0.05) is 18.2 Å². The zero-order valence-electron chi connectivity index (χ0n) is 8.90. The van der Waals surface area contributed by atoms with Crippen molar-refractivity contribution in [3.63, 3.8) is 0 Å². The molecule has 0 saturated carbocycles. The van der Waals surface area contributed by atoms with Crippen LogP contribution in [0.25, 0.3) is 0 Å². The number of hydrogen-bond acceptors (Lipinski definition) is 2. The summed E-state index contributed by atoms with van der Waals surface area (Å²) >= 11 is 0. The topological polar surface area (TPSA) is 46.5 Å². The fourth-order valence-corrected chi connectivity index (χ4v) is 1.44. The zero-order valence-corrected chi connectivity index (χ0v) is 8.90. The number of hydrogen-bond donors (Lipinski definition) is 1. The standard InChI is InChI=1S/C12H16O3/c1-2-15-11-8-4-3-6-10(11)7-5-9-12(13)14/h3-4,6,8H,2,5,7,9H2,1H3,(H,13,14). The Morgan fingerprint density at radius 1 is 1.40 bits per heavy atom. The Morgan fingerprint density at radius 2 is 2.13 bits per heavy atom. The van der Waals surface area contributed by atoms with Crippen LogP contribution >= 0.6 is 0 Å². The number of aliphatic carboxylic acids is 1. The molecular formula is C12H16O3. The maximum absolute atomic E-state index is 10.4. The van der Waals surface area contributed by atoms with Crippen LogP contribution in [-0.4, -0.2) is 17.7 Å². The third-order valence-corrected chi connectivity index (χ3v) is 2.11. The van der Waals surface area contributed by atoms with Crippen LogP contribution < -0.4 is 4.74 Å². The largest absolute Gasteiger partial charge is 0.494 e. The molecule has 1 N–H and O–H groups in total. The maximum atomic E-state index is 10.4. The number of carbonyl (C=O) groups is 1. The van der Waals surface area contributed by atoms with Gasteiger partial charge in [0.25, 0.3) is 0 Å². The SMILES string of the molecule is CCOc1ccccc1CCCC(=O)O. The van der Waals surface area contributed by atoms with Crippen molar-refractivity contribution in [2.24, 2.45) is 0 Å². The Morgan fingerprint density at radius 3 is 2.80 bits per heavy atom. The molecule has 0 aliphatic rings. The lowest BCUT2D eigenvalue weighted by molar-refractivity contribution is -0.137. The van der Waals surface area contributed by atoms with E-state index in [0.29, 0.717) is 13.0 Å². The number of ether oxygens (including phenoxy) is 1. The summed E-state index contributed by atoms with van der Waals surface area (Å²) < 4.78 is 5.45. The highest BCUT2D eigenvalue weighted by Gasteiger charge is 2.03. The van der Waals surface area contributed by atoms with Crippen LogP contribution in [-0.2, 0) is 11.2 Å². The number of para-hydroxylation sites is 1. The lowest BCUT2D eigenvalue weighted by Crippen LogP contribution is -1.99. The molecule has 3 nitrogen and oxygen atoms in total. The second kappa shape index (κ2) is 6.06. The van der Waals surface area contributed by atoms with Gasteiger partial charge in [0.2, 0.25) is 0 Å². The van der Waals surface area contributed by atoms with Gasteiger partial charge in [0.15, 0.2) is 0 Å². The highest BCUT2D eigenvalue weighted by Crippen LogP contribution is 2.19. The summed E-state index contributed by atoms with van der Waals surface area (Å²) in [6, 6.07) is 7.76. The Hall–Kier alpha value is -1.51. The van der Waals surface area contributed by atoms with Gasteiger partial charge in [0.1, 0.15) is 5.75 Å². The molecule has 82 valence electrons. The predicted octanol–water partition coefficient (Wildman–Crippen LogP) is 2.49. The first-order chi connectivity index (χ1) is 7.24. The molecule has 0 unspecified atom stereocenters. The van der Waals surface area contributed by atoms with Crippen molar-refractivity contribution in [2.45, 2.75) is 26.2 Å². The van der Waals surface area contributed by atoms with Gasteiger partial charge >= 0.3 is 5.97 Å². The van der Waals surface area contributed by atoms with E-state index >= 15 is 0 Å². The Labute approximate surface area is 89.7 Å². The minimum absolute atomic E-state index is 0.209. The first-order valence-electron chi connectivity index (χ1n) is 5.16. The minimum Gasteiger partial charge on any atom is -0.494 e. The van der Waals surface area contributed by atoms with Crippen LogP contribution in [0.2, 0.25) is 0 Å².